The Morgan fingerprint density at radius 3 is 1.90 bits per heavy atom. The predicted octanol–water partition coefficient (Wildman–Crippen LogP) is 7.51. The Kier molecular flexibility index (Phi) is 5.08. The standard InChI is InChI=1S/C36H44N4/c1-17(2)19-9-23-29-26(36(7,8)27-13-37-15-39-33(23)27)12-22-20(18(3)4)10-24-30-25(11-21(19)31(29)32(22)30)35(5,6)28-14-38-16-40-34(24)28/h9-13,17-18,27-28,33-34,38-40H,14-16H2,1-8H3. The highest BCUT2D eigenvalue weighted by Gasteiger charge is 2.48. The Morgan fingerprint density at radius 2 is 1.30 bits per heavy atom. The van der Waals surface area contributed by atoms with Crippen LogP contribution in [-0.4, -0.2) is 26.1 Å². The molecule has 0 amide bonds. The molecule has 0 spiro atoms. The summed E-state index contributed by atoms with van der Waals surface area (Å²) in [6, 6.07) is 11.1. The van der Waals surface area contributed by atoms with Crippen LogP contribution < -0.4 is 16.0 Å². The molecule has 4 aromatic rings. The fraction of sp³-hybridized carbons (Fsp3) is 0.528. The molecule has 1 saturated heterocycles. The molecule has 2 heterocycles. The first kappa shape index (κ1) is 25.2. The van der Waals surface area contributed by atoms with Crippen molar-refractivity contribution >= 4 is 38.5 Å². The molecular formula is C36H44N4. The van der Waals surface area contributed by atoms with Crippen LogP contribution in [0.25, 0.3) is 32.3 Å². The average molecular weight is 533 g/mol. The van der Waals surface area contributed by atoms with Crippen molar-refractivity contribution in [2.75, 3.05) is 19.9 Å². The summed E-state index contributed by atoms with van der Waals surface area (Å²) >= 11 is 0. The lowest BCUT2D eigenvalue weighted by Crippen LogP contribution is -2.54. The van der Waals surface area contributed by atoms with E-state index in [1.54, 1.807) is 5.56 Å². The fourth-order valence-corrected chi connectivity index (χ4v) is 9.27. The number of hydrogen-bond acceptors (Lipinski definition) is 4. The number of rotatable bonds is 2. The van der Waals surface area contributed by atoms with Crippen molar-refractivity contribution in [3.63, 3.8) is 0 Å². The van der Waals surface area contributed by atoms with Crippen molar-refractivity contribution in [1.82, 2.24) is 16.0 Å². The maximum atomic E-state index is 4.74. The van der Waals surface area contributed by atoms with E-state index >= 15 is 0 Å². The van der Waals surface area contributed by atoms with Gasteiger partial charge in [0.1, 0.15) is 0 Å². The average Bonchev–Trinajstić information content (AvgIpc) is 2.93. The molecule has 2 aliphatic heterocycles. The van der Waals surface area contributed by atoms with Gasteiger partial charge in [-0.2, -0.15) is 0 Å². The SMILES string of the molecule is CC(C)c1cc2c3c(cc4c(C(C)C)cc5c6c(cc1c3c46)C(C)(C)C1CNCNC51)C(C)(C)C1C=NCNC21. The van der Waals surface area contributed by atoms with Gasteiger partial charge < -0.3 is 5.32 Å². The summed E-state index contributed by atoms with van der Waals surface area (Å²) in [7, 11) is 0. The van der Waals surface area contributed by atoms with Gasteiger partial charge in [-0.05, 0) is 100 Å². The lowest BCUT2D eigenvalue weighted by Gasteiger charge is -2.50. The second-order valence-corrected chi connectivity index (χ2v) is 14.9. The molecule has 4 atom stereocenters. The van der Waals surface area contributed by atoms with Crippen LogP contribution in [-0.2, 0) is 10.8 Å². The minimum Gasteiger partial charge on any atom is -0.304 e. The summed E-state index contributed by atoms with van der Waals surface area (Å²) in [6.45, 7) is 22.1. The number of benzene rings is 4. The highest BCUT2D eigenvalue weighted by Crippen LogP contribution is 2.58. The number of hydrogen-bond donors (Lipinski definition) is 3. The zero-order valence-electron chi connectivity index (χ0n) is 25.4. The molecular weight excluding hydrogens is 488 g/mol. The molecule has 0 aromatic heterocycles. The van der Waals surface area contributed by atoms with E-state index in [0.29, 0.717) is 42.4 Å². The highest BCUT2D eigenvalue weighted by atomic mass is 15.1. The Labute approximate surface area is 238 Å². The third-order valence-corrected chi connectivity index (χ3v) is 11.5. The third-order valence-electron chi connectivity index (χ3n) is 11.5. The molecule has 3 N–H and O–H groups in total. The third kappa shape index (κ3) is 2.95. The van der Waals surface area contributed by atoms with E-state index in [1.165, 1.54) is 60.1 Å². The van der Waals surface area contributed by atoms with Crippen molar-refractivity contribution < 1.29 is 0 Å². The lowest BCUT2D eigenvalue weighted by molar-refractivity contribution is 0.186. The van der Waals surface area contributed by atoms with E-state index in [-0.39, 0.29) is 10.8 Å². The van der Waals surface area contributed by atoms with Crippen LogP contribution >= 0.6 is 0 Å². The summed E-state index contributed by atoms with van der Waals surface area (Å²) in [4.78, 5) is 4.74. The largest absolute Gasteiger partial charge is 0.304 e. The van der Waals surface area contributed by atoms with Gasteiger partial charge in [-0.1, -0.05) is 67.5 Å². The molecule has 0 bridgehead atoms. The Bertz CT molecular complexity index is 1740. The topological polar surface area (TPSA) is 48.5 Å². The molecule has 1 fully saturated rings. The van der Waals surface area contributed by atoms with Crippen molar-refractivity contribution in [2.24, 2.45) is 16.8 Å². The minimum absolute atomic E-state index is 0.0193. The van der Waals surface area contributed by atoms with Gasteiger partial charge in [-0.3, -0.25) is 15.6 Å². The lowest BCUT2D eigenvalue weighted by atomic mass is 9.58. The monoisotopic (exact) mass is 532 g/mol. The van der Waals surface area contributed by atoms with Crippen molar-refractivity contribution in [3.05, 3.63) is 57.6 Å². The number of aliphatic imine (C=N–C) groups is 1. The van der Waals surface area contributed by atoms with Crippen molar-refractivity contribution in [1.29, 1.82) is 0 Å². The van der Waals surface area contributed by atoms with E-state index in [0.717, 1.165) is 13.2 Å². The van der Waals surface area contributed by atoms with Gasteiger partial charge in [0, 0.05) is 43.3 Å². The van der Waals surface area contributed by atoms with Crippen LogP contribution in [0.3, 0.4) is 0 Å². The Hall–Kier alpha value is -2.53. The second kappa shape index (κ2) is 8.06. The molecule has 8 rings (SSSR count). The normalized spacial score (nSPS) is 28.1. The molecule has 0 saturated carbocycles. The molecule has 40 heavy (non-hydrogen) atoms. The van der Waals surface area contributed by atoms with Crippen LogP contribution in [0.1, 0.15) is 113 Å². The van der Waals surface area contributed by atoms with Crippen LogP contribution in [0.15, 0.2) is 29.3 Å². The molecule has 4 nitrogen and oxygen atoms in total. The van der Waals surface area contributed by atoms with Crippen molar-refractivity contribution in [2.45, 2.75) is 90.1 Å². The number of nitrogens with zero attached hydrogens (tertiary/aromatic N) is 1. The number of fused-ring (bicyclic) bond motifs is 4. The van der Waals surface area contributed by atoms with Crippen LogP contribution in [0, 0.1) is 11.8 Å². The van der Waals surface area contributed by atoms with Gasteiger partial charge in [0.05, 0.1) is 6.67 Å². The minimum atomic E-state index is -0.0193. The number of nitrogens with one attached hydrogen (secondary N) is 3. The van der Waals surface area contributed by atoms with Gasteiger partial charge in [0.25, 0.3) is 0 Å². The summed E-state index contributed by atoms with van der Waals surface area (Å²) in [5.74, 6) is 1.75. The van der Waals surface area contributed by atoms with Crippen LogP contribution in [0.4, 0.5) is 0 Å². The molecule has 4 aromatic carbocycles. The molecule has 208 valence electrons. The van der Waals surface area contributed by atoms with E-state index in [2.05, 4.69) is 102 Å². The molecule has 0 radical (unpaired) electrons. The van der Waals surface area contributed by atoms with Crippen molar-refractivity contribution in [3.8, 4) is 0 Å². The van der Waals surface area contributed by atoms with Crippen LogP contribution in [0.5, 0.6) is 0 Å². The van der Waals surface area contributed by atoms with E-state index < -0.39 is 0 Å². The molecule has 4 heteroatoms. The second-order valence-electron chi connectivity index (χ2n) is 14.9. The zero-order valence-corrected chi connectivity index (χ0v) is 25.4. The smallest absolute Gasteiger partial charge is 0.0885 e. The van der Waals surface area contributed by atoms with E-state index in [4.69, 9.17) is 4.99 Å². The van der Waals surface area contributed by atoms with E-state index in [9.17, 15) is 0 Å². The Morgan fingerprint density at radius 1 is 0.725 bits per heavy atom. The van der Waals surface area contributed by atoms with E-state index in [1.807, 2.05) is 0 Å². The summed E-state index contributed by atoms with van der Waals surface area (Å²) in [5, 5.41) is 20.5. The zero-order chi connectivity index (χ0) is 27.9. The first-order chi connectivity index (χ1) is 19.0. The Balaban J connectivity index is 1.64. The fourth-order valence-electron chi connectivity index (χ4n) is 9.27. The first-order valence-corrected chi connectivity index (χ1v) is 15.6. The maximum absolute atomic E-state index is 4.74. The first-order valence-electron chi connectivity index (χ1n) is 15.6. The summed E-state index contributed by atoms with van der Waals surface area (Å²) < 4.78 is 0. The summed E-state index contributed by atoms with van der Waals surface area (Å²) in [5.41, 5.74) is 9.11. The quantitative estimate of drug-likeness (QED) is 0.234. The summed E-state index contributed by atoms with van der Waals surface area (Å²) in [6.07, 6.45) is 2.26. The van der Waals surface area contributed by atoms with Crippen LogP contribution in [0.2, 0.25) is 0 Å². The molecule has 2 aliphatic carbocycles. The van der Waals surface area contributed by atoms with Gasteiger partial charge >= 0.3 is 0 Å². The van der Waals surface area contributed by atoms with Gasteiger partial charge in [0.15, 0.2) is 0 Å². The maximum Gasteiger partial charge on any atom is 0.0885 e. The van der Waals surface area contributed by atoms with Gasteiger partial charge in [0.2, 0.25) is 0 Å². The molecule has 4 aliphatic rings. The predicted molar refractivity (Wildman–Crippen MR) is 169 cm³/mol. The highest BCUT2D eigenvalue weighted by molar-refractivity contribution is 6.28. The van der Waals surface area contributed by atoms with Gasteiger partial charge in [-0.25, -0.2) is 0 Å². The molecule has 4 unspecified atom stereocenters. The van der Waals surface area contributed by atoms with Gasteiger partial charge in [-0.15, -0.1) is 0 Å².